The van der Waals surface area contributed by atoms with Crippen molar-refractivity contribution < 1.29 is 19.7 Å². The van der Waals surface area contributed by atoms with Crippen LogP contribution >= 0.6 is 0 Å². The maximum atomic E-state index is 10.3. The Labute approximate surface area is 180 Å². The summed E-state index contributed by atoms with van der Waals surface area (Å²) in [5, 5.41) is 27.1. The zero-order valence-electron chi connectivity index (χ0n) is 18.1. The standard InChI is InChI=1S/C24H36N2O4/c1-3-29-23-11-7-5-9-19(23)15-21(27)17-25-13-14-26-18-22(28)16-20-10-6-8-12-24(20)30-4-2/h5-12,21-22,25-28H,3-4,13-18H2,1-2H3. The first-order valence-electron chi connectivity index (χ1n) is 10.8. The van der Waals surface area contributed by atoms with Gasteiger partial charge in [0, 0.05) is 39.0 Å². The molecule has 0 spiro atoms. The molecule has 0 aliphatic heterocycles. The number of benzene rings is 2. The molecule has 0 aliphatic rings. The van der Waals surface area contributed by atoms with E-state index >= 15 is 0 Å². The number of ether oxygens (including phenoxy) is 2. The number of hydrogen-bond acceptors (Lipinski definition) is 6. The third kappa shape index (κ3) is 8.71. The van der Waals surface area contributed by atoms with Crippen LogP contribution in [0.2, 0.25) is 0 Å². The van der Waals surface area contributed by atoms with Crippen molar-refractivity contribution in [3.8, 4) is 11.5 Å². The Balaban J connectivity index is 1.60. The van der Waals surface area contributed by atoms with Gasteiger partial charge in [0.1, 0.15) is 11.5 Å². The third-order valence-corrected chi connectivity index (χ3v) is 4.69. The average Bonchev–Trinajstić information content (AvgIpc) is 2.74. The normalized spacial score (nSPS) is 13.1. The van der Waals surface area contributed by atoms with Crippen molar-refractivity contribution in [2.45, 2.75) is 38.9 Å². The van der Waals surface area contributed by atoms with Crippen LogP contribution in [0.25, 0.3) is 0 Å². The first kappa shape index (κ1) is 24.2. The molecule has 0 saturated carbocycles. The van der Waals surface area contributed by atoms with E-state index < -0.39 is 12.2 Å². The first-order valence-corrected chi connectivity index (χ1v) is 10.8. The molecule has 0 heterocycles. The van der Waals surface area contributed by atoms with Gasteiger partial charge >= 0.3 is 0 Å². The zero-order chi connectivity index (χ0) is 21.6. The van der Waals surface area contributed by atoms with Gasteiger partial charge in [-0.25, -0.2) is 0 Å². The molecule has 0 amide bonds. The van der Waals surface area contributed by atoms with Crippen molar-refractivity contribution in [1.82, 2.24) is 10.6 Å². The van der Waals surface area contributed by atoms with Gasteiger partial charge in [-0.1, -0.05) is 36.4 Å². The number of aliphatic hydroxyl groups is 2. The van der Waals surface area contributed by atoms with E-state index in [2.05, 4.69) is 10.6 Å². The van der Waals surface area contributed by atoms with Crippen molar-refractivity contribution in [2.75, 3.05) is 39.4 Å². The van der Waals surface area contributed by atoms with Crippen LogP contribution in [0.1, 0.15) is 25.0 Å². The smallest absolute Gasteiger partial charge is 0.122 e. The summed E-state index contributed by atoms with van der Waals surface area (Å²) < 4.78 is 11.2. The fourth-order valence-corrected chi connectivity index (χ4v) is 3.30. The molecule has 2 aromatic carbocycles. The van der Waals surface area contributed by atoms with Gasteiger partial charge in [-0.2, -0.15) is 0 Å². The second kappa shape index (κ2) is 14.0. The molecule has 166 valence electrons. The van der Waals surface area contributed by atoms with Crippen molar-refractivity contribution in [3.05, 3.63) is 59.7 Å². The largest absolute Gasteiger partial charge is 0.494 e. The average molecular weight is 417 g/mol. The molecule has 2 aromatic rings. The van der Waals surface area contributed by atoms with Crippen LogP contribution in [0.15, 0.2) is 48.5 Å². The summed E-state index contributed by atoms with van der Waals surface area (Å²) in [6.45, 7) is 7.57. The Bertz CT molecular complexity index is 664. The van der Waals surface area contributed by atoms with Crippen LogP contribution in [-0.4, -0.2) is 61.8 Å². The molecule has 4 N–H and O–H groups in total. The number of aliphatic hydroxyl groups excluding tert-OH is 2. The van der Waals surface area contributed by atoms with Crippen LogP contribution < -0.4 is 20.1 Å². The second-order valence-corrected chi connectivity index (χ2v) is 7.21. The van der Waals surface area contributed by atoms with Crippen LogP contribution in [0.4, 0.5) is 0 Å². The van der Waals surface area contributed by atoms with E-state index in [0.29, 0.717) is 52.2 Å². The summed E-state index contributed by atoms with van der Waals surface area (Å²) in [6, 6.07) is 15.6. The summed E-state index contributed by atoms with van der Waals surface area (Å²) >= 11 is 0. The number of para-hydroxylation sites is 2. The Hall–Kier alpha value is -2.12. The van der Waals surface area contributed by atoms with Crippen molar-refractivity contribution in [1.29, 1.82) is 0 Å². The molecule has 30 heavy (non-hydrogen) atoms. The molecule has 2 rings (SSSR count). The quantitative estimate of drug-likeness (QED) is 0.333. The summed E-state index contributed by atoms with van der Waals surface area (Å²) in [4.78, 5) is 0. The lowest BCUT2D eigenvalue weighted by Gasteiger charge is -2.16. The van der Waals surface area contributed by atoms with Gasteiger partial charge in [0.15, 0.2) is 0 Å². The molecule has 2 atom stereocenters. The monoisotopic (exact) mass is 416 g/mol. The Morgan fingerprint density at radius 3 is 1.50 bits per heavy atom. The molecule has 0 bridgehead atoms. The van der Waals surface area contributed by atoms with E-state index in [1.54, 1.807) is 0 Å². The minimum absolute atomic E-state index is 0.479. The third-order valence-electron chi connectivity index (χ3n) is 4.69. The molecule has 0 fully saturated rings. The second-order valence-electron chi connectivity index (χ2n) is 7.21. The SMILES string of the molecule is CCOc1ccccc1CC(O)CNCCNCC(O)Cc1ccccc1OCC. The summed E-state index contributed by atoms with van der Waals surface area (Å²) in [5.41, 5.74) is 2.03. The van der Waals surface area contributed by atoms with Gasteiger partial charge in [-0.15, -0.1) is 0 Å². The van der Waals surface area contributed by atoms with E-state index in [1.807, 2.05) is 62.4 Å². The van der Waals surface area contributed by atoms with Gasteiger partial charge in [-0.05, 0) is 37.1 Å². The lowest BCUT2D eigenvalue weighted by atomic mass is 10.1. The summed E-state index contributed by atoms with van der Waals surface area (Å²) in [7, 11) is 0. The minimum atomic E-state index is -0.479. The van der Waals surface area contributed by atoms with Crippen molar-refractivity contribution >= 4 is 0 Å². The predicted octanol–water partition coefficient (Wildman–Crippen LogP) is 2.17. The molecular weight excluding hydrogens is 380 g/mol. The molecule has 0 aliphatic carbocycles. The molecule has 0 saturated heterocycles. The molecular formula is C24H36N2O4. The van der Waals surface area contributed by atoms with E-state index in [9.17, 15) is 10.2 Å². The molecule has 0 aromatic heterocycles. The van der Waals surface area contributed by atoms with Crippen LogP contribution in [0.3, 0.4) is 0 Å². The highest BCUT2D eigenvalue weighted by Crippen LogP contribution is 2.20. The van der Waals surface area contributed by atoms with E-state index in [0.717, 1.165) is 22.6 Å². The highest BCUT2D eigenvalue weighted by molar-refractivity contribution is 5.34. The van der Waals surface area contributed by atoms with Crippen LogP contribution in [-0.2, 0) is 12.8 Å². The highest BCUT2D eigenvalue weighted by Gasteiger charge is 2.11. The summed E-state index contributed by atoms with van der Waals surface area (Å²) in [5.74, 6) is 1.67. The predicted molar refractivity (Wildman–Crippen MR) is 120 cm³/mol. The maximum Gasteiger partial charge on any atom is 0.122 e. The van der Waals surface area contributed by atoms with Crippen LogP contribution in [0, 0.1) is 0 Å². The Morgan fingerprint density at radius 2 is 1.10 bits per heavy atom. The van der Waals surface area contributed by atoms with Gasteiger partial charge in [0.25, 0.3) is 0 Å². The minimum Gasteiger partial charge on any atom is -0.494 e. The molecule has 6 nitrogen and oxygen atoms in total. The molecule has 0 radical (unpaired) electrons. The number of nitrogens with one attached hydrogen (secondary N) is 2. The number of hydrogen-bond donors (Lipinski definition) is 4. The lowest BCUT2D eigenvalue weighted by Crippen LogP contribution is -2.36. The molecule has 6 heteroatoms. The van der Waals surface area contributed by atoms with Crippen molar-refractivity contribution in [2.24, 2.45) is 0 Å². The zero-order valence-corrected chi connectivity index (χ0v) is 18.1. The van der Waals surface area contributed by atoms with Gasteiger partial charge in [0.2, 0.25) is 0 Å². The van der Waals surface area contributed by atoms with Crippen molar-refractivity contribution in [3.63, 3.8) is 0 Å². The van der Waals surface area contributed by atoms with E-state index in [4.69, 9.17) is 9.47 Å². The van der Waals surface area contributed by atoms with E-state index in [-0.39, 0.29) is 0 Å². The topological polar surface area (TPSA) is 83.0 Å². The summed E-state index contributed by atoms with van der Waals surface area (Å²) in [6.07, 6.45) is 0.142. The first-order chi connectivity index (χ1) is 14.6. The lowest BCUT2D eigenvalue weighted by molar-refractivity contribution is 0.165. The fourth-order valence-electron chi connectivity index (χ4n) is 3.30. The molecule has 2 unspecified atom stereocenters. The Kier molecular flexibility index (Phi) is 11.3. The maximum absolute atomic E-state index is 10.3. The van der Waals surface area contributed by atoms with Crippen LogP contribution in [0.5, 0.6) is 11.5 Å². The van der Waals surface area contributed by atoms with Gasteiger partial charge in [-0.3, -0.25) is 0 Å². The fraction of sp³-hybridized carbons (Fsp3) is 0.500. The van der Waals surface area contributed by atoms with E-state index in [1.165, 1.54) is 0 Å². The van der Waals surface area contributed by atoms with Gasteiger partial charge in [0.05, 0.1) is 25.4 Å². The Morgan fingerprint density at radius 1 is 0.700 bits per heavy atom. The highest BCUT2D eigenvalue weighted by atomic mass is 16.5. The van der Waals surface area contributed by atoms with Gasteiger partial charge < -0.3 is 30.3 Å². The number of rotatable bonds is 15.